The molecule has 3 fully saturated rings. The van der Waals surface area contributed by atoms with Gasteiger partial charge < -0.3 is 0 Å². The number of rotatable bonds is 8. The molecular weight excluding hydrogens is 328 g/mol. The summed E-state index contributed by atoms with van der Waals surface area (Å²) in [6, 6.07) is 0. The van der Waals surface area contributed by atoms with Gasteiger partial charge in [0.2, 0.25) is 0 Å². The van der Waals surface area contributed by atoms with Gasteiger partial charge in [-0.2, -0.15) is 35.3 Å². The zero-order valence-electron chi connectivity index (χ0n) is 11.4. The van der Waals surface area contributed by atoms with Crippen molar-refractivity contribution in [3.8, 4) is 0 Å². The first-order valence-corrected chi connectivity index (χ1v) is 13.2. The van der Waals surface area contributed by atoms with E-state index in [4.69, 9.17) is 0 Å². The van der Waals surface area contributed by atoms with Gasteiger partial charge in [0, 0.05) is 33.5 Å². The summed E-state index contributed by atoms with van der Waals surface area (Å²) in [5.41, 5.74) is 0. The van der Waals surface area contributed by atoms with Crippen LogP contribution in [0.1, 0.15) is 25.7 Å². The molecule has 0 N–H and O–H groups in total. The van der Waals surface area contributed by atoms with Gasteiger partial charge in [-0.25, -0.2) is 0 Å². The van der Waals surface area contributed by atoms with Gasteiger partial charge in [0.05, 0.1) is 0 Å². The van der Waals surface area contributed by atoms with Crippen LogP contribution in [0.4, 0.5) is 0 Å². The Kier molecular flexibility index (Phi) is 6.91. The Morgan fingerprint density at radius 1 is 0.737 bits per heavy atom. The van der Waals surface area contributed by atoms with E-state index in [2.05, 4.69) is 46.1 Å². The van der Waals surface area contributed by atoms with E-state index in [-0.39, 0.29) is 0 Å². The molecule has 0 amide bonds. The van der Waals surface area contributed by atoms with Crippen molar-refractivity contribution in [1.29, 1.82) is 0 Å². The van der Waals surface area contributed by atoms with Gasteiger partial charge in [-0.15, -0.1) is 0 Å². The molecule has 1 aliphatic carbocycles. The summed E-state index contributed by atoms with van der Waals surface area (Å²) in [5.74, 6) is 10.7. The van der Waals surface area contributed by atoms with Crippen LogP contribution in [0, 0.1) is 11.8 Å². The molecule has 3 aliphatic rings. The monoisotopic (exact) mass is 352 g/mol. The molecule has 0 aromatic heterocycles. The minimum atomic E-state index is 0.975. The van der Waals surface area contributed by atoms with Gasteiger partial charge in [0.1, 0.15) is 0 Å². The van der Waals surface area contributed by atoms with Crippen LogP contribution in [0.15, 0.2) is 0 Å². The highest BCUT2D eigenvalue weighted by Gasteiger charge is 2.25. The maximum atomic E-state index is 2.23. The Bertz CT molecular complexity index is 257. The zero-order chi connectivity index (χ0) is 12.9. The van der Waals surface area contributed by atoms with Gasteiger partial charge in [-0.1, -0.05) is 21.6 Å². The fourth-order valence-corrected chi connectivity index (χ4v) is 8.74. The summed E-state index contributed by atoms with van der Waals surface area (Å²) in [7, 11) is 4.15. The van der Waals surface area contributed by atoms with E-state index in [1.807, 2.05) is 10.8 Å². The maximum absolute atomic E-state index is 2.23. The Balaban J connectivity index is 1.20. The maximum Gasteiger partial charge on any atom is 0.0340 e. The van der Waals surface area contributed by atoms with Gasteiger partial charge in [-0.05, 0) is 49.0 Å². The highest BCUT2D eigenvalue weighted by molar-refractivity contribution is 8.79. The largest absolute Gasteiger partial charge is 0.161 e. The fraction of sp³-hybridized carbons (Fsp3) is 1.00. The quantitative estimate of drug-likeness (QED) is 0.437. The normalized spacial score (nSPS) is 37.9. The summed E-state index contributed by atoms with van der Waals surface area (Å²) in [6.45, 7) is 0. The first-order valence-electron chi connectivity index (χ1n) is 7.45. The fourth-order valence-electron chi connectivity index (χ4n) is 2.70. The van der Waals surface area contributed by atoms with Crippen LogP contribution < -0.4 is 0 Å². The van der Waals surface area contributed by atoms with E-state index in [9.17, 15) is 0 Å². The van der Waals surface area contributed by atoms with Crippen molar-refractivity contribution in [2.75, 3.05) is 34.5 Å². The molecule has 19 heavy (non-hydrogen) atoms. The van der Waals surface area contributed by atoms with Crippen molar-refractivity contribution in [3.63, 3.8) is 0 Å². The van der Waals surface area contributed by atoms with Crippen LogP contribution in [-0.2, 0) is 0 Å². The van der Waals surface area contributed by atoms with E-state index in [1.54, 1.807) is 0 Å². The van der Waals surface area contributed by atoms with Crippen LogP contribution in [0.25, 0.3) is 0 Å². The second kappa shape index (κ2) is 8.40. The molecule has 0 bridgehead atoms. The minimum Gasteiger partial charge on any atom is -0.161 e. The molecule has 3 rings (SSSR count). The average Bonchev–Trinajstić information content (AvgIpc) is 3.18. The average molecular weight is 353 g/mol. The van der Waals surface area contributed by atoms with Crippen LogP contribution in [0.3, 0.4) is 0 Å². The van der Waals surface area contributed by atoms with Gasteiger partial charge in [0.25, 0.3) is 0 Å². The zero-order valence-corrected chi connectivity index (χ0v) is 15.5. The molecule has 2 atom stereocenters. The molecule has 2 unspecified atom stereocenters. The predicted molar refractivity (Wildman–Crippen MR) is 100 cm³/mol. The van der Waals surface area contributed by atoms with Gasteiger partial charge >= 0.3 is 0 Å². The number of hydrogen-bond donors (Lipinski definition) is 0. The minimum absolute atomic E-state index is 0.975. The van der Waals surface area contributed by atoms with E-state index >= 15 is 0 Å². The van der Waals surface area contributed by atoms with Crippen LogP contribution >= 0.6 is 56.9 Å². The van der Waals surface area contributed by atoms with Crippen LogP contribution in [-0.4, -0.2) is 45.0 Å². The second-order valence-corrected chi connectivity index (χ2v) is 12.1. The van der Waals surface area contributed by atoms with Gasteiger partial charge in [0.15, 0.2) is 0 Å². The smallest absolute Gasteiger partial charge is 0.0340 e. The van der Waals surface area contributed by atoms with Crippen LogP contribution in [0.5, 0.6) is 0 Å². The van der Waals surface area contributed by atoms with E-state index in [0.29, 0.717) is 0 Å². The molecule has 0 nitrogen and oxygen atoms in total. The van der Waals surface area contributed by atoms with Crippen molar-refractivity contribution in [1.82, 2.24) is 0 Å². The van der Waals surface area contributed by atoms with Crippen molar-refractivity contribution >= 4 is 56.9 Å². The van der Waals surface area contributed by atoms with E-state index < -0.39 is 0 Å². The van der Waals surface area contributed by atoms with E-state index in [1.165, 1.54) is 60.2 Å². The summed E-state index contributed by atoms with van der Waals surface area (Å²) in [6.07, 6.45) is 6.07. The lowest BCUT2D eigenvalue weighted by molar-refractivity contribution is 0.315. The summed E-state index contributed by atoms with van der Waals surface area (Å²) in [4.78, 5) is 0. The molecular formula is C14H24S5. The molecule has 0 aromatic rings. The first kappa shape index (κ1) is 15.6. The topological polar surface area (TPSA) is 0 Å². The lowest BCUT2D eigenvalue weighted by Gasteiger charge is -2.29. The molecule has 110 valence electrons. The lowest BCUT2D eigenvalue weighted by Crippen LogP contribution is -2.20. The molecule has 0 aromatic carbocycles. The second-order valence-electron chi connectivity index (χ2n) is 5.92. The SMILES string of the molecule is C1CC(CSCC2CSS2)CCC1CSCC1CS1. The number of hydrogen-bond acceptors (Lipinski definition) is 5. The van der Waals surface area contributed by atoms with Crippen molar-refractivity contribution in [3.05, 3.63) is 0 Å². The summed E-state index contributed by atoms with van der Waals surface area (Å²) >= 11 is 6.61. The molecule has 1 saturated carbocycles. The highest BCUT2D eigenvalue weighted by Crippen LogP contribution is 2.42. The Morgan fingerprint density at radius 2 is 1.26 bits per heavy atom. The molecule has 2 heterocycles. The first-order chi connectivity index (χ1) is 9.40. The van der Waals surface area contributed by atoms with Gasteiger partial charge in [-0.3, -0.25) is 0 Å². The summed E-state index contributed by atoms with van der Waals surface area (Å²) < 4.78 is 0. The Labute approximate surface area is 138 Å². The molecule has 0 radical (unpaired) electrons. The Morgan fingerprint density at radius 3 is 1.68 bits per heavy atom. The molecule has 0 spiro atoms. The third kappa shape index (κ3) is 5.80. The van der Waals surface area contributed by atoms with Crippen molar-refractivity contribution < 1.29 is 0 Å². The third-order valence-corrected chi connectivity index (χ3v) is 11.3. The molecule has 5 heteroatoms. The standard InChI is InChI=1S/C14H24S5/c1-3-12(6-16-8-14-10-18-19-14)4-2-11(1)5-15-7-13-9-17-13/h11-14H,1-10H2. The lowest BCUT2D eigenvalue weighted by atomic mass is 9.84. The van der Waals surface area contributed by atoms with E-state index in [0.717, 1.165) is 22.3 Å². The van der Waals surface area contributed by atoms with Crippen LogP contribution in [0.2, 0.25) is 0 Å². The third-order valence-electron chi connectivity index (χ3n) is 4.14. The molecule has 2 saturated heterocycles. The highest BCUT2D eigenvalue weighted by atomic mass is 33.1. The van der Waals surface area contributed by atoms with Crippen molar-refractivity contribution in [2.24, 2.45) is 11.8 Å². The predicted octanol–water partition coefficient (Wildman–Crippen LogP) is 5.14. The summed E-state index contributed by atoms with van der Waals surface area (Å²) in [5, 5.41) is 2.00. The molecule has 2 aliphatic heterocycles. The Hall–Kier alpha value is 1.75. The van der Waals surface area contributed by atoms with Crippen molar-refractivity contribution in [2.45, 2.75) is 36.2 Å². The number of thioether (sulfide) groups is 3.